The van der Waals surface area contributed by atoms with Gasteiger partial charge in [-0.3, -0.25) is 0 Å². The average Bonchev–Trinajstić information content (AvgIpc) is 2.99. The summed E-state index contributed by atoms with van der Waals surface area (Å²) in [7, 11) is 1.99. The van der Waals surface area contributed by atoms with E-state index < -0.39 is 5.79 Å². The minimum Gasteiger partial charge on any atom is -0.508 e. The lowest BCUT2D eigenvalue weighted by molar-refractivity contribution is -0.203. The summed E-state index contributed by atoms with van der Waals surface area (Å²) in [5, 5.41) is 13.3. The van der Waals surface area contributed by atoms with Gasteiger partial charge in [-0.25, -0.2) is 0 Å². The molecule has 1 aliphatic heterocycles. The Morgan fingerprint density at radius 1 is 1.27 bits per heavy atom. The molecule has 0 aromatic heterocycles. The van der Waals surface area contributed by atoms with E-state index in [4.69, 9.17) is 9.47 Å². The summed E-state index contributed by atoms with van der Waals surface area (Å²) in [6.45, 7) is 3.60. The third-order valence-electron chi connectivity index (χ3n) is 5.39. The monoisotopic (exact) mass is 305 g/mol. The van der Waals surface area contributed by atoms with Crippen molar-refractivity contribution in [2.45, 2.75) is 56.3 Å². The van der Waals surface area contributed by atoms with Crippen molar-refractivity contribution >= 4 is 0 Å². The molecule has 2 unspecified atom stereocenters. The first-order valence-corrected chi connectivity index (χ1v) is 8.39. The van der Waals surface area contributed by atoms with Crippen LogP contribution in [-0.4, -0.2) is 37.2 Å². The Labute approximate surface area is 132 Å². The van der Waals surface area contributed by atoms with Gasteiger partial charge in [0.25, 0.3) is 0 Å². The van der Waals surface area contributed by atoms with Crippen LogP contribution in [0.5, 0.6) is 5.75 Å². The molecule has 2 atom stereocenters. The molecule has 4 heteroatoms. The van der Waals surface area contributed by atoms with Gasteiger partial charge in [0.1, 0.15) is 5.75 Å². The van der Waals surface area contributed by atoms with Crippen LogP contribution in [0.2, 0.25) is 0 Å². The lowest BCUT2D eigenvalue weighted by Gasteiger charge is -2.49. The van der Waals surface area contributed by atoms with Gasteiger partial charge in [-0.1, -0.05) is 25.5 Å². The maximum Gasteiger partial charge on any atom is 0.183 e. The van der Waals surface area contributed by atoms with E-state index in [2.05, 4.69) is 18.3 Å². The van der Waals surface area contributed by atoms with Crippen molar-refractivity contribution in [2.75, 3.05) is 20.3 Å². The molecule has 1 aromatic rings. The summed E-state index contributed by atoms with van der Waals surface area (Å²) < 4.78 is 12.0. The molecule has 2 N–H and O–H groups in total. The van der Waals surface area contributed by atoms with E-state index in [9.17, 15) is 5.11 Å². The van der Waals surface area contributed by atoms with E-state index in [1.165, 1.54) is 5.56 Å². The van der Waals surface area contributed by atoms with Crippen LogP contribution < -0.4 is 5.32 Å². The summed E-state index contributed by atoms with van der Waals surface area (Å²) in [4.78, 5) is 0. The maximum atomic E-state index is 9.89. The normalized spacial score (nSPS) is 30.7. The first-order chi connectivity index (χ1) is 10.6. The predicted molar refractivity (Wildman–Crippen MR) is 86.0 cm³/mol. The van der Waals surface area contributed by atoms with E-state index >= 15 is 0 Å². The Morgan fingerprint density at radius 3 is 2.68 bits per heavy atom. The molecule has 1 saturated carbocycles. The van der Waals surface area contributed by atoms with Crippen molar-refractivity contribution in [2.24, 2.45) is 0 Å². The number of phenolic OH excluding ortho intramolecular Hbond substituents is 1. The van der Waals surface area contributed by atoms with Gasteiger partial charge >= 0.3 is 0 Å². The fourth-order valence-electron chi connectivity index (χ4n) is 4.32. The van der Waals surface area contributed by atoms with Crippen molar-refractivity contribution in [3.8, 4) is 5.75 Å². The fourth-order valence-corrected chi connectivity index (χ4v) is 4.32. The molecule has 0 radical (unpaired) electrons. The second-order valence-electron chi connectivity index (χ2n) is 6.63. The third kappa shape index (κ3) is 2.64. The van der Waals surface area contributed by atoms with Gasteiger partial charge in [0.15, 0.2) is 5.79 Å². The van der Waals surface area contributed by atoms with Crippen LogP contribution >= 0.6 is 0 Å². The first-order valence-electron chi connectivity index (χ1n) is 8.39. The molecule has 0 bridgehead atoms. The number of likely N-dealkylation sites (N-methyl/N-ethyl adjacent to an activating group) is 1. The highest BCUT2D eigenvalue weighted by atomic mass is 16.7. The summed E-state index contributed by atoms with van der Waals surface area (Å²) in [6, 6.07) is 7.95. The molecule has 4 nitrogen and oxygen atoms in total. The van der Waals surface area contributed by atoms with Gasteiger partial charge in [-0.05, 0) is 49.4 Å². The quantitative estimate of drug-likeness (QED) is 0.898. The zero-order chi connectivity index (χ0) is 15.6. The minimum absolute atomic E-state index is 0.0850. The third-order valence-corrected chi connectivity index (χ3v) is 5.39. The first kappa shape index (κ1) is 15.8. The Kier molecular flexibility index (Phi) is 4.44. The number of hydrogen-bond donors (Lipinski definition) is 2. The number of phenols is 1. The van der Waals surface area contributed by atoms with E-state index in [-0.39, 0.29) is 11.5 Å². The van der Waals surface area contributed by atoms with E-state index in [1.807, 2.05) is 19.2 Å². The molecular weight excluding hydrogens is 278 g/mol. The van der Waals surface area contributed by atoms with Crippen LogP contribution in [0.25, 0.3) is 0 Å². The van der Waals surface area contributed by atoms with Crippen LogP contribution in [0.4, 0.5) is 0 Å². The summed E-state index contributed by atoms with van der Waals surface area (Å²) in [5.41, 5.74) is 1.32. The average molecular weight is 305 g/mol. The topological polar surface area (TPSA) is 50.7 Å². The Morgan fingerprint density at radius 2 is 2.05 bits per heavy atom. The van der Waals surface area contributed by atoms with Gasteiger partial charge in [0.2, 0.25) is 0 Å². The van der Waals surface area contributed by atoms with Gasteiger partial charge < -0.3 is 19.9 Å². The smallest absolute Gasteiger partial charge is 0.183 e. The molecule has 1 spiro atoms. The van der Waals surface area contributed by atoms with Crippen LogP contribution in [-0.2, 0) is 14.9 Å². The van der Waals surface area contributed by atoms with Gasteiger partial charge in [0, 0.05) is 6.42 Å². The van der Waals surface area contributed by atoms with Crippen LogP contribution in [0.1, 0.15) is 44.6 Å². The molecule has 2 aliphatic rings. The summed E-state index contributed by atoms with van der Waals surface area (Å²) in [5.74, 6) is -0.106. The molecule has 1 aliphatic carbocycles. The molecule has 22 heavy (non-hydrogen) atoms. The predicted octanol–water partition coefficient (Wildman–Crippen LogP) is 2.95. The minimum atomic E-state index is -0.456. The number of hydrogen-bond acceptors (Lipinski definition) is 4. The van der Waals surface area contributed by atoms with Crippen LogP contribution in [0.15, 0.2) is 24.3 Å². The van der Waals surface area contributed by atoms with Crippen molar-refractivity contribution in [1.29, 1.82) is 0 Å². The molecule has 1 heterocycles. The second kappa shape index (κ2) is 6.19. The van der Waals surface area contributed by atoms with Crippen LogP contribution in [0, 0.1) is 0 Å². The molecular formula is C18H27NO3. The number of aromatic hydroxyl groups is 1. The summed E-state index contributed by atoms with van der Waals surface area (Å²) in [6.07, 6.45) is 5.14. The molecule has 0 amide bonds. The Balaban J connectivity index is 1.92. The molecule has 2 fully saturated rings. The molecule has 3 rings (SSSR count). The fraction of sp³-hybridized carbons (Fsp3) is 0.667. The van der Waals surface area contributed by atoms with Gasteiger partial charge in [0.05, 0.1) is 19.3 Å². The highest BCUT2D eigenvalue weighted by Crippen LogP contribution is 2.49. The highest BCUT2D eigenvalue weighted by molar-refractivity contribution is 5.34. The second-order valence-corrected chi connectivity index (χ2v) is 6.63. The SMILES string of the molecule is CCCC1(c2cccc(O)c2)CCC2(OCCO2)C(NC)C1. The Hall–Kier alpha value is -1.10. The highest BCUT2D eigenvalue weighted by Gasteiger charge is 2.52. The van der Waals surface area contributed by atoms with Crippen molar-refractivity contribution < 1.29 is 14.6 Å². The Bertz CT molecular complexity index is 513. The summed E-state index contributed by atoms with van der Waals surface area (Å²) >= 11 is 0. The van der Waals surface area contributed by atoms with Gasteiger partial charge in [-0.15, -0.1) is 0 Å². The van der Waals surface area contributed by atoms with E-state index in [0.717, 1.165) is 32.1 Å². The molecule has 1 saturated heterocycles. The molecule has 1 aromatic carbocycles. The lowest BCUT2D eigenvalue weighted by atomic mass is 9.63. The largest absolute Gasteiger partial charge is 0.508 e. The van der Waals surface area contributed by atoms with E-state index in [0.29, 0.717) is 19.0 Å². The molecule has 122 valence electrons. The zero-order valence-corrected chi connectivity index (χ0v) is 13.6. The van der Waals surface area contributed by atoms with Crippen molar-refractivity contribution in [1.82, 2.24) is 5.32 Å². The zero-order valence-electron chi connectivity index (χ0n) is 13.6. The van der Waals surface area contributed by atoms with Crippen LogP contribution in [0.3, 0.4) is 0 Å². The van der Waals surface area contributed by atoms with Gasteiger partial charge in [-0.2, -0.15) is 0 Å². The number of rotatable bonds is 4. The van der Waals surface area contributed by atoms with E-state index in [1.54, 1.807) is 6.07 Å². The maximum absolute atomic E-state index is 9.89. The number of nitrogens with one attached hydrogen (secondary N) is 1. The lowest BCUT2D eigenvalue weighted by Crippen LogP contribution is -2.57. The standard InChI is InChI=1S/C18H27NO3/c1-3-7-17(14-5-4-6-15(20)12-14)8-9-18(16(13-17)19-2)21-10-11-22-18/h4-6,12,16,19-20H,3,7-11,13H2,1-2H3. The number of ether oxygens (including phenoxy) is 2. The number of benzene rings is 1. The van der Waals surface area contributed by atoms with Crippen molar-refractivity contribution in [3.63, 3.8) is 0 Å². The van der Waals surface area contributed by atoms with Crippen molar-refractivity contribution in [3.05, 3.63) is 29.8 Å².